The Morgan fingerprint density at radius 1 is 1.24 bits per heavy atom. The second-order valence-corrected chi connectivity index (χ2v) is 6.85. The summed E-state index contributed by atoms with van der Waals surface area (Å²) in [7, 11) is -3.07. The van der Waals surface area contributed by atoms with E-state index in [1.165, 1.54) is 6.26 Å². The van der Waals surface area contributed by atoms with Crippen molar-refractivity contribution >= 4 is 15.7 Å². The first-order valence-corrected chi connectivity index (χ1v) is 8.72. The summed E-state index contributed by atoms with van der Waals surface area (Å²) in [6.45, 7) is 1.26. The highest BCUT2D eigenvalue weighted by Crippen LogP contribution is 2.07. The Hall–Kier alpha value is -1.44. The number of ether oxygens (including phenoxy) is 1. The molecule has 0 saturated heterocycles. The van der Waals surface area contributed by atoms with Gasteiger partial charge in [0.05, 0.1) is 19.0 Å². The zero-order chi connectivity index (χ0) is 15.7. The molecule has 6 nitrogen and oxygen atoms in total. The number of carbonyl (C=O) groups is 1. The molecule has 0 radical (unpaired) electrons. The number of aliphatic hydroxyl groups excluding tert-OH is 1. The van der Waals surface area contributed by atoms with Crippen LogP contribution in [0.25, 0.3) is 0 Å². The second kappa shape index (κ2) is 8.76. The third-order valence-electron chi connectivity index (χ3n) is 2.63. The van der Waals surface area contributed by atoms with E-state index in [1.807, 2.05) is 0 Å². The van der Waals surface area contributed by atoms with Crippen LogP contribution in [0.5, 0.6) is 0 Å². The number of benzene rings is 1. The Bertz CT molecular complexity index is 539. The number of carbonyl (C=O) groups excluding carboxylic acids is 1. The Labute approximate surface area is 125 Å². The summed E-state index contributed by atoms with van der Waals surface area (Å²) in [6, 6.07) is 6.50. The van der Waals surface area contributed by atoms with Crippen molar-refractivity contribution in [1.82, 2.24) is 5.32 Å². The van der Waals surface area contributed by atoms with E-state index in [0.29, 0.717) is 37.3 Å². The zero-order valence-corrected chi connectivity index (χ0v) is 12.9. The summed E-state index contributed by atoms with van der Waals surface area (Å²) in [5, 5.41) is 11.3. The number of hydrogen-bond donors (Lipinski definition) is 2. The van der Waals surface area contributed by atoms with Gasteiger partial charge in [-0.15, -0.1) is 0 Å². The molecule has 2 N–H and O–H groups in total. The predicted molar refractivity (Wildman–Crippen MR) is 79.8 cm³/mol. The van der Waals surface area contributed by atoms with Gasteiger partial charge in [-0.25, -0.2) is 8.42 Å². The van der Waals surface area contributed by atoms with E-state index >= 15 is 0 Å². The highest BCUT2D eigenvalue weighted by atomic mass is 32.2. The number of amides is 1. The number of rotatable bonds is 9. The first kappa shape index (κ1) is 17.6. The Morgan fingerprint density at radius 3 is 2.48 bits per heavy atom. The lowest BCUT2D eigenvalue weighted by Crippen LogP contribution is -2.25. The van der Waals surface area contributed by atoms with Gasteiger partial charge in [0.25, 0.3) is 5.91 Å². The molecule has 7 heteroatoms. The smallest absolute Gasteiger partial charge is 0.251 e. The number of aliphatic hydroxyl groups is 1. The number of hydrogen-bond acceptors (Lipinski definition) is 5. The van der Waals surface area contributed by atoms with E-state index in [9.17, 15) is 13.2 Å². The van der Waals surface area contributed by atoms with Gasteiger partial charge in [0.2, 0.25) is 0 Å². The van der Waals surface area contributed by atoms with Gasteiger partial charge in [0.1, 0.15) is 0 Å². The van der Waals surface area contributed by atoms with Gasteiger partial charge in [-0.05, 0) is 24.1 Å². The van der Waals surface area contributed by atoms with E-state index in [2.05, 4.69) is 5.32 Å². The fourth-order valence-electron chi connectivity index (χ4n) is 1.70. The largest absolute Gasteiger partial charge is 0.394 e. The molecule has 1 aromatic rings. The van der Waals surface area contributed by atoms with Crippen LogP contribution in [0.2, 0.25) is 0 Å². The quantitative estimate of drug-likeness (QED) is 0.642. The lowest BCUT2D eigenvalue weighted by Gasteiger charge is -2.06. The number of sulfone groups is 1. The van der Waals surface area contributed by atoms with Gasteiger partial charge in [-0.3, -0.25) is 4.79 Å². The summed E-state index contributed by atoms with van der Waals surface area (Å²) in [4.78, 5) is 11.8. The van der Waals surface area contributed by atoms with Crippen LogP contribution in [-0.2, 0) is 20.3 Å². The van der Waals surface area contributed by atoms with Crippen LogP contribution in [-0.4, -0.2) is 52.1 Å². The molecule has 1 aromatic carbocycles. The minimum Gasteiger partial charge on any atom is -0.394 e. The van der Waals surface area contributed by atoms with E-state index in [0.717, 1.165) is 0 Å². The molecule has 0 spiro atoms. The van der Waals surface area contributed by atoms with Gasteiger partial charge < -0.3 is 15.2 Å². The molecule has 118 valence electrons. The van der Waals surface area contributed by atoms with E-state index < -0.39 is 9.84 Å². The summed E-state index contributed by atoms with van der Waals surface area (Å²) < 4.78 is 27.4. The molecule has 1 rings (SSSR count). The Balaban J connectivity index is 2.38. The van der Waals surface area contributed by atoms with Crippen LogP contribution < -0.4 is 5.32 Å². The molecule has 0 unspecified atom stereocenters. The maximum Gasteiger partial charge on any atom is 0.251 e. The molecule has 1 amide bonds. The molecule has 0 atom stereocenters. The van der Waals surface area contributed by atoms with Crippen molar-refractivity contribution in [3.8, 4) is 0 Å². The van der Waals surface area contributed by atoms with Crippen molar-refractivity contribution in [3.63, 3.8) is 0 Å². The molecule has 0 heterocycles. The van der Waals surface area contributed by atoms with Crippen LogP contribution in [0.3, 0.4) is 0 Å². The van der Waals surface area contributed by atoms with Crippen molar-refractivity contribution in [1.29, 1.82) is 0 Å². The Morgan fingerprint density at radius 2 is 1.90 bits per heavy atom. The fraction of sp³-hybridized carbons (Fsp3) is 0.500. The van der Waals surface area contributed by atoms with Crippen molar-refractivity contribution in [2.75, 3.05) is 32.6 Å². The Kier molecular flexibility index (Phi) is 7.35. The van der Waals surface area contributed by atoms with Crippen molar-refractivity contribution in [2.24, 2.45) is 0 Å². The zero-order valence-electron chi connectivity index (χ0n) is 12.0. The van der Waals surface area contributed by atoms with Gasteiger partial charge in [-0.2, -0.15) is 0 Å². The lowest BCUT2D eigenvalue weighted by atomic mass is 10.1. The maximum atomic E-state index is 11.8. The lowest BCUT2D eigenvalue weighted by molar-refractivity contribution is 0.0867. The third-order valence-corrected chi connectivity index (χ3v) is 3.49. The SMILES string of the molecule is CS(=O)(=O)Cc1ccc(C(=O)NCCCOCCO)cc1. The molecule has 0 aliphatic carbocycles. The van der Waals surface area contributed by atoms with Gasteiger partial charge in [-0.1, -0.05) is 12.1 Å². The average Bonchev–Trinajstić information content (AvgIpc) is 2.41. The van der Waals surface area contributed by atoms with Crippen LogP contribution in [0.15, 0.2) is 24.3 Å². The minimum atomic E-state index is -3.07. The summed E-state index contributed by atoms with van der Waals surface area (Å²) in [5.41, 5.74) is 1.15. The molecule has 0 aromatic heterocycles. The van der Waals surface area contributed by atoms with Crippen molar-refractivity contribution in [3.05, 3.63) is 35.4 Å². The second-order valence-electron chi connectivity index (χ2n) is 4.71. The normalized spacial score (nSPS) is 11.3. The molecular weight excluding hydrogens is 294 g/mol. The van der Waals surface area contributed by atoms with E-state index in [1.54, 1.807) is 24.3 Å². The van der Waals surface area contributed by atoms with Gasteiger partial charge in [0, 0.05) is 25.0 Å². The monoisotopic (exact) mass is 315 g/mol. The van der Waals surface area contributed by atoms with E-state index in [4.69, 9.17) is 9.84 Å². The van der Waals surface area contributed by atoms with Crippen LogP contribution >= 0.6 is 0 Å². The predicted octanol–water partition coefficient (Wildman–Crippen LogP) is 0.360. The molecule has 0 aliphatic heterocycles. The molecule has 0 fully saturated rings. The summed E-state index contributed by atoms with van der Waals surface area (Å²) in [5.74, 6) is -0.236. The topological polar surface area (TPSA) is 92.7 Å². The van der Waals surface area contributed by atoms with E-state index in [-0.39, 0.29) is 18.3 Å². The van der Waals surface area contributed by atoms with Gasteiger partial charge >= 0.3 is 0 Å². The summed E-state index contributed by atoms with van der Waals surface area (Å²) in [6.07, 6.45) is 1.84. The van der Waals surface area contributed by atoms with Crippen molar-refractivity contribution in [2.45, 2.75) is 12.2 Å². The standard InChI is InChI=1S/C14H21NO5S/c1-21(18,19)11-12-3-5-13(6-4-12)14(17)15-7-2-9-20-10-8-16/h3-6,16H,2,7-11H2,1H3,(H,15,17). The highest BCUT2D eigenvalue weighted by molar-refractivity contribution is 7.89. The maximum absolute atomic E-state index is 11.8. The van der Waals surface area contributed by atoms with Crippen LogP contribution in [0.1, 0.15) is 22.3 Å². The minimum absolute atomic E-state index is 0.00775. The average molecular weight is 315 g/mol. The third kappa shape index (κ3) is 7.79. The molecule has 0 bridgehead atoms. The molecule has 0 aliphatic rings. The van der Waals surface area contributed by atoms with Crippen molar-refractivity contribution < 1.29 is 23.1 Å². The molecule has 0 saturated carbocycles. The first-order valence-electron chi connectivity index (χ1n) is 6.66. The summed E-state index contributed by atoms with van der Waals surface area (Å²) >= 11 is 0. The van der Waals surface area contributed by atoms with Crippen LogP contribution in [0, 0.1) is 0 Å². The molecule has 21 heavy (non-hydrogen) atoms. The number of nitrogens with one attached hydrogen (secondary N) is 1. The first-order chi connectivity index (χ1) is 9.92. The fourth-order valence-corrected chi connectivity index (χ4v) is 2.50. The molecular formula is C14H21NO5S. The van der Waals surface area contributed by atoms with Crippen LogP contribution in [0.4, 0.5) is 0 Å². The highest BCUT2D eigenvalue weighted by Gasteiger charge is 2.07. The van der Waals surface area contributed by atoms with Gasteiger partial charge in [0.15, 0.2) is 9.84 Å².